The molecule has 5 nitrogen and oxygen atoms in total. The number of hydrogen-bond donors (Lipinski definition) is 3. The van der Waals surface area contributed by atoms with Crippen molar-refractivity contribution in [2.75, 3.05) is 17.5 Å². The first-order valence-electron chi connectivity index (χ1n) is 7.29. The maximum absolute atomic E-state index is 11.3. The van der Waals surface area contributed by atoms with Crippen LogP contribution in [-0.2, 0) is 15.4 Å². The van der Waals surface area contributed by atoms with E-state index in [9.17, 15) is 9.32 Å². The Hall–Kier alpha value is -0.893. The van der Waals surface area contributed by atoms with Gasteiger partial charge in [-0.25, -0.2) is 4.21 Å². The topological polar surface area (TPSA) is 84.6 Å². The fourth-order valence-electron chi connectivity index (χ4n) is 1.78. The van der Waals surface area contributed by atoms with Crippen molar-refractivity contribution in [3.8, 4) is 5.75 Å². The first kappa shape index (κ1) is 19.2. The summed E-state index contributed by atoms with van der Waals surface area (Å²) in [5.74, 6) is 0.0575. The zero-order chi connectivity index (χ0) is 17.1. The Kier molecular flexibility index (Phi) is 6.20. The molecule has 4 N–H and O–H groups in total. The molecule has 0 saturated heterocycles. The lowest BCUT2D eigenvalue weighted by molar-refractivity contribution is 0.191. The highest BCUT2D eigenvalue weighted by atomic mass is 32.2. The average Bonchev–Trinajstić information content (AvgIpc) is 2.37. The molecular weight excluding hydrogens is 316 g/mol. The third-order valence-electron chi connectivity index (χ3n) is 4.10. The fraction of sp³-hybridized carbons (Fsp3) is 0.600. The summed E-state index contributed by atoms with van der Waals surface area (Å²) >= 11 is 0. The quantitative estimate of drug-likeness (QED) is 0.547. The third kappa shape index (κ3) is 4.81. The van der Waals surface area contributed by atoms with Gasteiger partial charge < -0.3 is 20.0 Å². The van der Waals surface area contributed by atoms with Crippen molar-refractivity contribution in [1.29, 1.82) is 0 Å². The van der Waals surface area contributed by atoms with Crippen molar-refractivity contribution >= 4 is 25.0 Å². The maximum atomic E-state index is 11.3. The first-order valence-corrected chi connectivity index (χ1v) is 11.8. The van der Waals surface area contributed by atoms with Gasteiger partial charge in [0.15, 0.2) is 8.32 Å². The second-order valence-electron chi connectivity index (χ2n) is 6.94. The third-order valence-corrected chi connectivity index (χ3v) is 9.10. The molecule has 2 atom stereocenters. The summed E-state index contributed by atoms with van der Waals surface area (Å²) in [6.45, 7) is 11.2. The first-order chi connectivity index (χ1) is 9.98. The van der Waals surface area contributed by atoms with Crippen LogP contribution in [0.4, 0.5) is 5.69 Å². The minimum Gasteiger partial charge on any atom is -0.506 e. The van der Waals surface area contributed by atoms with Gasteiger partial charge in [-0.1, -0.05) is 26.8 Å². The van der Waals surface area contributed by atoms with Crippen molar-refractivity contribution < 1.29 is 13.7 Å². The second-order valence-corrected chi connectivity index (χ2v) is 12.8. The molecule has 1 rings (SSSR count). The summed E-state index contributed by atoms with van der Waals surface area (Å²) < 4.78 is 20.4. The summed E-state index contributed by atoms with van der Waals surface area (Å²) in [4.78, 5) is 0. The average molecular weight is 345 g/mol. The van der Waals surface area contributed by atoms with Crippen LogP contribution in [0.5, 0.6) is 5.75 Å². The lowest BCUT2D eigenvalue weighted by atomic mass is 10.1. The lowest BCUT2D eigenvalue weighted by Crippen LogP contribution is -2.43. The summed E-state index contributed by atoms with van der Waals surface area (Å²) in [6.07, 6.45) is 1.27. The van der Waals surface area contributed by atoms with Crippen LogP contribution in [0.15, 0.2) is 18.2 Å². The van der Waals surface area contributed by atoms with Gasteiger partial charge in [-0.05, 0) is 35.8 Å². The van der Waals surface area contributed by atoms with Gasteiger partial charge in [0.05, 0.1) is 11.8 Å². The van der Waals surface area contributed by atoms with E-state index < -0.39 is 19.3 Å². The number of nitrogens with two attached hydrogens (primary N) is 1. The van der Waals surface area contributed by atoms with Crippen LogP contribution in [0, 0.1) is 0 Å². The molecule has 0 aliphatic rings. The van der Waals surface area contributed by atoms with E-state index in [2.05, 4.69) is 38.6 Å². The molecule has 0 aliphatic carbocycles. The number of rotatable bonds is 6. The molecule has 1 aromatic rings. The van der Waals surface area contributed by atoms with Gasteiger partial charge in [0.25, 0.3) is 0 Å². The molecule has 0 fully saturated rings. The summed E-state index contributed by atoms with van der Waals surface area (Å²) in [5, 5.41) is 9.93. The molecule has 126 valence electrons. The molecule has 0 bridgehead atoms. The Morgan fingerprint density at radius 2 is 2.00 bits per heavy atom. The van der Waals surface area contributed by atoms with E-state index >= 15 is 0 Å². The second kappa shape index (κ2) is 7.12. The lowest BCUT2D eigenvalue weighted by Gasteiger charge is -2.39. The van der Waals surface area contributed by atoms with Crippen molar-refractivity contribution in [2.45, 2.75) is 45.0 Å². The smallest absolute Gasteiger partial charge is 0.192 e. The normalized spacial score (nSPS) is 15.4. The Morgan fingerprint density at radius 1 is 1.41 bits per heavy atom. The van der Waals surface area contributed by atoms with E-state index in [0.717, 1.165) is 5.56 Å². The Morgan fingerprint density at radius 3 is 2.45 bits per heavy atom. The molecule has 0 amide bonds. The largest absolute Gasteiger partial charge is 0.506 e. The van der Waals surface area contributed by atoms with Gasteiger partial charge in [0.1, 0.15) is 16.7 Å². The molecule has 7 heteroatoms. The number of anilines is 1. The number of nitrogens with one attached hydrogen (secondary N) is 1. The number of aromatic hydroxyl groups is 1. The standard InChI is InChI=1S/C15H28N2O3SSi/c1-15(2,3)22(5,6)20-14(10-16)11-7-8-13(18)12(9-11)17-21(4)19/h7-9,14,17-18H,10,16H2,1-6H3/t14-,21?/m0/s1. The van der Waals surface area contributed by atoms with Gasteiger partial charge >= 0.3 is 0 Å². The summed E-state index contributed by atoms with van der Waals surface area (Å²) in [7, 11) is -3.21. The molecule has 1 unspecified atom stereocenters. The minimum absolute atomic E-state index is 0.0575. The monoisotopic (exact) mass is 344 g/mol. The molecule has 22 heavy (non-hydrogen) atoms. The zero-order valence-electron chi connectivity index (χ0n) is 14.3. The molecule has 0 radical (unpaired) electrons. The summed E-state index contributed by atoms with van der Waals surface area (Å²) in [6, 6.07) is 5.12. The van der Waals surface area contributed by atoms with E-state index in [1.165, 1.54) is 6.26 Å². The fourth-order valence-corrected chi connectivity index (χ4v) is 3.55. The number of phenolic OH excluding ortho intramolecular Hbond substituents is 1. The zero-order valence-corrected chi connectivity index (χ0v) is 16.1. The van der Waals surface area contributed by atoms with Crippen LogP contribution in [-0.4, -0.2) is 30.4 Å². The van der Waals surface area contributed by atoms with Crippen LogP contribution >= 0.6 is 0 Å². The van der Waals surface area contributed by atoms with E-state index in [0.29, 0.717) is 12.2 Å². The van der Waals surface area contributed by atoms with Crippen LogP contribution in [0.3, 0.4) is 0 Å². The van der Waals surface area contributed by atoms with Gasteiger partial charge in [-0.15, -0.1) is 0 Å². The highest BCUT2D eigenvalue weighted by Gasteiger charge is 2.39. The number of hydrogen-bond acceptors (Lipinski definition) is 4. The van der Waals surface area contributed by atoms with E-state index in [1.807, 2.05) is 0 Å². The molecule has 0 heterocycles. The Bertz CT molecular complexity index is 544. The van der Waals surface area contributed by atoms with Gasteiger partial charge in [0, 0.05) is 12.8 Å². The van der Waals surface area contributed by atoms with Gasteiger partial charge in [-0.2, -0.15) is 0 Å². The molecule has 0 aliphatic heterocycles. The van der Waals surface area contributed by atoms with E-state index in [4.69, 9.17) is 10.2 Å². The van der Waals surface area contributed by atoms with Crippen LogP contribution < -0.4 is 10.5 Å². The minimum atomic E-state index is -1.96. The highest BCUT2D eigenvalue weighted by molar-refractivity contribution is 7.85. The molecule has 0 aromatic heterocycles. The highest BCUT2D eigenvalue weighted by Crippen LogP contribution is 2.40. The molecular formula is C15H28N2O3SSi. The molecule has 0 saturated carbocycles. The van der Waals surface area contributed by atoms with Crippen LogP contribution in [0.2, 0.25) is 18.1 Å². The number of phenols is 1. The predicted octanol–water partition coefficient (Wildman–Crippen LogP) is 3.12. The van der Waals surface area contributed by atoms with Crippen molar-refractivity contribution in [1.82, 2.24) is 0 Å². The predicted molar refractivity (Wildman–Crippen MR) is 95.9 cm³/mol. The van der Waals surface area contributed by atoms with E-state index in [-0.39, 0.29) is 16.9 Å². The number of benzene rings is 1. The van der Waals surface area contributed by atoms with Crippen LogP contribution in [0.1, 0.15) is 32.4 Å². The van der Waals surface area contributed by atoms with Crippen LogP contribution in [0.25, 0.3) is 0 Å². The van der Waals surface area contributed by atoms with Crippen molar-refractivity contribution in [3.05, 3.63) is 23.8 Å². The summed E-state index contributed by atoms with van der Waals surface area (Å²) in [5.41, 5.74) is 7.20. The van der Waals surface area contributed by atoms with Crippen molar-refractivity contribution in [2.24, 2.45) is 5.73 Å². The maximum Gasteiger partial charge on any atom is 0.192 e. The Balaban J connectivity index is 3.08. The SMILES string of the molecule is CS(=O)Nc1cc([C@H](CN)O[Si](C)(C)C(C)(C)C)ccc1O. The van der Waals surface area contributed by atoms with Crippen molar-refractivity contribution in [3.63, 3.8) is 0 Å². The Labute approximate surface area is 137 Å². The molecule has 1 aromatic carbocycles. The van der Waals surface area contributed by atoms with Gasteiger partial charge in [-0.3, -0.25) is 0 Å². The van der Waals surface area contributed by atoms with E-state index in [1.54, 1.807) is 18.2 Å². The van der Waals surface area contributed by atoms with Gasteiger partial charge in [0.2, 0.25) is 0 Å². The molecule has 0 spiro atoms.